The largest absolute Gasteiger partial charge is 0.427 e. The van der Waals surface area contributed by atoms with Crippen molar-refractivity contribution in [1.82, 2.24) is 0 Å². The van der Waals surface area contributed by atoms with E-state index in [1.165, 1.54) is 6.92 Å². The van der Waals surface area contributed by atoms with Crippen molar-refractivity contribution in [3.05, 3.63) is 59.1 Å². The summed E-state index contributed by atoms with van der Waals surface area (Å²) in [5.74, 6) is -0.0325. The van der Waals surface area contributed by atoms with Crippen molar-refractivity contribution >= 4 is 29.2 Å². The smallest absolute Gasteiger partial charge is 0.311 e. The lowest BCUT2D eigenvalue weighted by atomic mass is 10.1. The minimum Gasteiger partial charge on any atom is -0.427 e. The highest BCUT2D eigenvalue weighted by atomic mass is 35.5. The third-order valence-corrected chi connectivity index (χ3v) is 3.33. The summed E-state index contributed by atoms with van der Waals surface area (Å²) in [6.45, 7) is 1.43. The molecular formula is C17H16ClNO3. The van der Waals surface area contributed by atoms with Gasteiger partial charge in [-0.3, -0.25) is 9.59 Å². The average Bonchev–Trinajstić information content (AvgIpc) is 2.48. The highest BCUT2D eigenvalue weighted by Gasteiger charge is 2.07. The molecule has 5 heteroatoms. The second-order valence-corrected chi connectivity index (χ2v) is 5.18. The summed E-state index contributed by atoms with van der Waals surface area (Å²) in [6, 6.07) is 14.0. The first-order chi connectivity index (χ1) is 10.5. The molecule has 2 aromatic carbocycles. The van der Waals surface area contributed by atoms with E-state index in [1.54, 1.807) is 30.3 Å². The van der Waals surface area contributed by atoms with Crippen LogP contribution in [0.15, 0.2) is 48.5 Å². The van der Waals surface area contributed by atoms with Gasteiger partial charge in [0.2, 0.25) is 5.91 Å². The number of nitrogens with one attached hydrogen (secondary N) is 1. The molecule has 0 heterocycles. The standard InChI is InChI=1S/C17H16ClNO3/c1-12(20)19-14-7-9-15(10-8-14)22-17(21)11-6-13-4-2-3-5-16(13)18/h2-5,7-10H,6,11H2,1H3,(H,19,20). The van der Waals surface area contributed by atoms with Crippen molar-refractivity contribution in [2.45, 2.75) is 19.8 Å². The average molecular weight is 318 g/mol. The molecule has 1 amide bonds. The molecule has 0 saturated carbocycles. The van der Waals surface area contributed by atoms with Gasteiger partial charge in [-0.25, -0.2) is 0 Å². The Bertz CT molecular complexity index is 668. The third kappa shape index (κ3) is 4.90. The summed E-state index contributed by atoms with van der Waals surface area (Å²) in [7, 11) is 0. The molecule has 114 valence electrons. The quantitative estimate of drug-likeness (QED) is 0.673. The number of anilines is 1. The number of ether oxygens (including phenoxy) is 1. The van der Waals surface area contributed by atoms with Crippen LogP contribution in [0.4, 0.5) is 5.69 Å². The molecule has 2 rings (SSSR count). The van der Waals surface area contributed by atoms with Crippen molar-refractivity contribution in [3.8, 4) is 5.75 Å². The normalized spacial score (nSPS) is 10.1. The maximum Gasteiger partial charge on any atom is 0.311 e. The number of esters is 1. The fourth-order valence-electron chi connectivity index (χ4n) is 1.93. The molecule has 0 spiro atoms. The molecule has 0 aliphatic carbocycles. The van der Waals surface area contributed by atoms with Crippen molar-refractivity contribution in [2.24, 2.45) is 0 Å². The topological polar surface area (TPSA) is 55.4 Å². The van der Waals surface area contributed by atoms with Gasteiger partial charge in [0.05, 0.1) is 6.42 Å². The number of aryl methyl sites for hydroxylation is 1. The van der Waals surface area contributed by atoms with Gasteiger partial charge in [-0.2, -0.15) is 0 Å². The Morgan fingerprint density at radius 1 is 1.09 bits per heavy atom. The first kappa shape index (κ1) is 16.0. The Labute approximate surface area is 134 Å². The molecule has 0 aliphatic rings. The van der Waals surface area contributed by atoms with Gasteiger partial charge in [0, 0.05) is 17.6 Å². The van der Waals surface area contributed by atoms with Crippen molar-refractivity contribution in [3.63, 3.8) is 0 Å². The van der Waals surface area contributed by atoms with Gasteiger partial charge < -0.3 is 10.1 Å². The number of benzene rings is 2. The van der Waals surface area contributed by atoms with Crippen molar-refractivity contribution in [1.29, 1.82) is 0 Å². The lowest BCUT2D eigenvalue weighted by molar-refractivity contribution is -0.134. The van der Waals surface area contributed by atoms with Gasteiger partial charge in [-0.15, -0.1) is 0 Å². The summed E-state index contributed by atoms with van der Waals surface area (Å²) in [5, 5.41) is 3.29. The predicted octanol–water partition coefficient (Wildman–Crippen LogP) is 3.84. The summed E-state index contributed by atoms with van der Waals surface area (Å²) in [6.07, 6.45) is 0.777. The highest BCUT2D eigenvalue weighted by molar-refractivity contribution is 6.31. The van der Waals surface area contributed by atoms with E-state index in [4.69, 9.17) is 16.3 Å². The van der Waals surface area contributed by atoms with E-state index in [9.17, 15) is 9.59 Å². The van der Waals surface area contributed by atoms with E-state index in [-0.39, 0.29) is 18.3 Å². The Hall–Kier alpha value is -2.33. The minimum absolute atomic E-state index is 0.149. The lowest BCUT2D eigenvalue weighted by Gasteiger charge is -2.07. The summed E-state index contributed by atoms with van der Waals surface area (Å²) < 4.78 is 5.24. The SMILES string of the molecule is CC(=O)Nc1ccc(OC(=O)CCc2ccccc2Cl)cc1. The molecule has 0 aliphatic heterocycles. The van der Waals surface area contributed by atoms with Crippen LogP contribution in [0, 0.1) is 0 Å². The molecule has 22 heavy (non-hydrogen) atoms. The van der Waals surface area contributed by atoms with Crippen LogP contribution in [0.3, 0.4) is 0 Å². The zero-order chi connectivity index (χ0) is 15.9. The second kappa shape index (κ2) is 7.61. The number of carbonyl (C=O) groups is 2. The Morgan fingerprint density at radius 2 is 1.77 bits per heavy atom. The Balaban J connectivity index is 1.87. The summed E-state index contributed by atoms with van der Waals surface area (Å²) in [5.41, 5.74) is 1.57. The summed E-state index contributed by atoms with van der Waals surface area (Å²) >= 11 is 6.04. The van der Waals surface area contributed by atoms with E-state index < -0.39 is 0 Å². The van der Waals surface area contributed by atoms with Crippen LogP contribution >= 0.6 is 11.6 Å². The fourth-order valence-corrected chi connectivity index (χ4v) is 2.16. The minimum atomic E-state index is -0.327. The Morgan fingerprint density at radius 3 is 2.41 bits per heavy atom. The molecule has 0 radical (unpaired) electrons. The number of hydrogen-bond donors (Lipinski definition) is 1. The van der Waals surface area contributed by atoms with Gasteiger partial charge >= 0.3 is 5.97 Å². The van der Waals surface area contributed by atoms with Gasteiger partial charge in [0.15, 0.2) is 0 Å². The van der Waals surface area contributed by atoms with Gasteiger partial charge in [0.1, 0.15) is 5.75 Å². The molecule has 0 unspecified atom stereocenters. The van der Waals surface area contributed by atoms with Crippen LogP contribution in [-0.4, -0.2) is 11.9 Å². The molecular weight excluding hydrogens is 302 g/mol. The molecule has 4 nitrogen and oxygen atoms in total. The maximum atomic E-state index is 11.8. The third-order valence-electron chi connectivity index (χ3n) is 2.96. The van der Waals surface area contributed by atoms with E-state index in [0.29, 0.717) is 22.9 Å². The van der Waals surface area contributed by atoms with Crippen LogP contribution in [-0.2, 0) is 16.0 Å². The summed E-state index contributed by atoms with van der Waals surface area (Å²) in [4.78, 5) is 22.7. The molecule has 0 bridgehead atoms. The molecule has 0 aromatic heterocycles. The van der Waals surface area contributed by atoms with Crippen LogP contribution in [0.1, 0.15) is 18.9 Å². The van der Waals surface area contributed by atoms with E-state index in [0.717, 1.165) is 5.56 Å². The van der Waals surface area contributed by atoms with E-state index >= 15 is 0 Å². The highest BCUT2D eigenvalue weighted by Crippen LogP contribution is 2.19. The zero-order valence-corrected chi connectivity index (χ0v) is 12.9. The van der Waals surface area contributed by atoms with E-state index in [2.05, 4.69) is 5.32 Å². The van der Waals surface area contributed by atoms with Crippen LogP contribution < -0.4 is 10.1 Å². The number of halogens is 1. The lowest BCUT2D eigenvalue weighted by Crippen LogP contribution is -2.09. The molecule has 2 aromatic rings. The van der Waals surface area contributed by atoms with Crippen molar-refractivity contribution in [2.75, 3.05) is 5.32 Å². The predicted molar refractivity (Wildman–Crippen MR) is 86.2 cm³/mol. The molecule has 0 saturated heterocycles. The van der Waals surface area contributed by atoms with E-state index in [1.807, 2.05) is 18.2 Å². The van der Waals surface area contributed by atoms with Gasteiger partial charge in [0.25, 0.3) is 0 Å². The van der Waals surface area contributed by atoms with Crippen LogP contribution in [0.25, 0.3) is 0 Å². The van der Waals surface area contributed by atoms with Gasteiger partial charge in [-0.05, 0) is 42.3 Å². The van der Waals surface area contributed by atoms with Crippen molar-refractivity contribution < 1.29 is 14.3 Å². The fraction of sp³-hybridized carbons (Fsp3) is 0.176. The Kier molecular flexibility index (Phi) is 5.55. The number of carbonyl (C=O) groups excluding carboxylic acids is 2. The molecule has 0 atom stereocenters. The van der Waals surface area contributed by atoms with Crippen LogP contribution in [0.2, 0.25) is 5.02 Å². The maximum absolute atomic E-state index is 11.8. The second-order valence-electron chi connectivity index (χ2n) is 4.77. The molecule has 0 fully saturated rings. The number of rotatable bonds is 5. The number of amides is 1. The zero-order valence-electron chi connectivity index (χ0n) is 12.1. The van der Waals surface area contributed by atoms with Gasteiger partial charge in [-0.1, -0.05) is 29.8 Å². The monoisotopic (exact) mass is 317 g/mol. The first-order valence-corrected chi connectivity index (χ1v) is 7.24. The first-order valence-electron chi connectivity index (χ1n) is 6.86. The van der Waals surface area contributed by atoms with Crippen LogP contribution in [0.5, 0.6) is 5.75 Å². The molecule has 1 N–H and O–H groups in total. The number of hydrogen-bond acceptors (Lipinski definition) is 3.